The van der Waals surface area contributed by atoms with Gasteiger partial charge in [-0.1, -0.05) is 54.6 Å². The molecule has 1 aliphatic rings. The van der Waals surface area contributed by atoms with E-state index in [1.54, 1.807) is 19.4 Å². The van der Waals surface area contributed by atoms with Crippen molar-refractivity contribution in [1.29, 1.82) is 0 Å². The molecule has 1 saturated heterocycles. The normalized spacial score (nSPS) is 18.0. The average Bonchev–Trinajstić information content (AvgIpc) is 3.25. The van der Waals surface area contributed by atoms with Crippen LogP contribution in [0.3, 0.4) is 0 Å². The van der Waals surface area contributed by atoms with Crippen LogP contribution >= 0.6 is 0 Å². The van der Waals surface area contributed by atoms with E-state index in [0.29, 0.717) is 32.4 Å². The Hall–Kier alpha value is -3.47. The zero-order valence-corrected chi connectivity index (χ0v) is 17.8. The maximum atomic E-state index is 13.1. The Morgan fingerprint density at radius 3 is 2.45 bits per heavy atom. The maximum Gasteiger partial charge on any atom is 0.228 e. The predicted molar refractivity (Wildman–Crippen MR) is 121 cm³/mol. The van der Waals surface area contributed by atoms with Crippen LogP contribution < -0.4 is 5.32 Å². The van der Waals surface area contributed by atoms with E-state index >= 15 is 0 Å². The number of likely N-dealkylation sites (tertiary alicyclic amines) is 1. The van der Waals surface area contributed by atoms with Crippen LogP contribution in [0, 0.1) is 5.41 Å². The summed E-state index contributed by atoms with van der Waals surface area (Å²) >= 11 is 0. The van der Waals surface area contributed by atoms with Crippen molar-refractivity contribution in [3.05, 3.63) is 90.3 Å². The summed E-state index contributed by atoms with van der Waals surface area (Å²) in [6.07, 6.45) is 5.15. The lowest BCUT2D eigenvalue weighted by molar-refractivity contribution is -0.132. The topological polar surface area (TPSA) is 62.3 Å². The number of carbonyl (C=O) groups excluding carboxylic acids is 2. The molecule has 5 nitrogen and oxygen atoms in total. The summed E-state index contributed by atoms with van der Waals surface area (Å²) in [5.74, 6) is 0.0615. The SMILES string of the molecule is CNC(=O)[C@]1(Cc2ccccc2-c2ccncc2)CCN(C(=O)Cc2ccccc2)C1. The van der Waals surface area contributed by atoms with Gasteiger partial charge in [0.2, 0.25) is 11.8 Å². The fourth-order valence-corrected chi connectivity index (χ4v) is 4.49. The summed E-state index contributed by atoms with van der Waals surface area (Å²) in [4.78, 5) is 32.0. The van der Waals surface area contributed by atoms with Crippen molar-refractivity contribution in [2.45, 2.75) is 19.3 Å². The number of nitrogens with zero attached hydrogens (tertiary/aromatic N) is 2. The van der Waals surface area contributed by atoms with Crippen molar-refractivity contribution in [2.75, 3.05) is 20.1 Å². The van der Waals surface area contributed by atoms with Crippen LogP contribution in [0.1, 0.15) is 17.5 Å². The molecule has 3 aromatic rings. The van der Waals surface area contributed by atoms with Crippen LogP contribution in [0.2, 0.25) is 0 Å². The molecular formula is C26H27N3O2. The van der Waals surface area contributed by atoms with Crippen molar-refractivity contribution in [3.8, 4) is 11.1 Å². The number of hydrogen-bond acceptors (Lipinski definition) is 3. The molecule has 158 valence electrons. The summed E-state index contributed by atoms with van der Waals surface area (Å²) in [7, 11) is 1.67. The molecule has 5 heteroatoms. The number of amides is 2. The van der Waals surface area contributed by atoms with Gasteiger partial charge >= 0.3 is 0 Å². The molecule has 0 radical (unpaired) electrons. The molecule has 1 N–H and O–H groups in total. The molecule has 0 unspecified atom stereocenters. The maximum absolute atomic E-state index is 13.1. The third-order valence-electron chi connectivity index (χ3n) is 6.15. The highest BCUT2D eigenvalue weighted by Gasteiger charge is 2.45. The monoisotopic (exact) mass is 413 g/mol. The van der Waals surface area contributed by atoms with E-state index < -0.39 is 5.41 Å². The number of carbonyl (C=O) groups is 2. The Labute approximate surface area is 183 Å². The lowest BCUT2D eigenvalue weighted by Gasteiger charge is -2.28. The highest BCUT2D eigenvalue weighted by atomic mass is 16.2. The Kier molecular flexibility index (Phi) is 6.12. The first kappa shape index (κ1) is 20.8. The molecule has 1 atom stereocenters. The molecule has 0 spiro atoms. The molecule has 0 saturated carbocycles. The van der Waals surface area contributed by atoms with Crippen molar-refractivity contribution >= 4 is 11.8 Å². The average molecular weight is 414 g/mol. The second-order valence-corrected chi connectivity index (χ2v) is 8.16. The van der Waals surface area contributed by atoms with Gasteiger partial charge in [-0.25, -0.2) is 0 Å². The molecule has 1 aromatic heterocycles. The van der Waals surface area contributed by atoms with Crippen molar-refractivity contribution in [3.63, 3.8) is 0 Å². The summed E-state index contributed by atoms with van der Waals surface area (Å²) in [5, 5.41) is 2.85. The highest BCUT2D eigenvalue weighted by Crippen LogP contribution is 2.37. The number of hydrogen-bond donors (Lipinski definition) is 1. The quantitative estimate of drug-likeness (QED) is 0.673. The van der Waals surface area contributed by atoms with E-state index in [4.69, 9.17) is 0 Å². The molecule has 0 aliphatic carbocycles. The molecule has 0 bridgehead atoms. The number of benzene rings is 2. The van der Waals surface area contributed by atoms with Gasteiger partial charge in [-0.15, -0.1) is 0 Å². The molecule has 2 heterocycles. The minimum absolute atomic E-state index is 0.00737. The van der Waals surface area contributed by atoms with Crippen LogP contribution in [0.25, 0.3) is 11.1 Å². The molecule has 2 aromatic carbocycles. The van der Waals surface area contributed by atoms with Crippen LogP contribution in [0.15, 0.2) is 79.1 Å². The molecular weight excluding hydrogens is 386 g/mol. The Bertz CT molecular complexity index is 1050. The van der Waals surface area contributed by atoms with Gasteiger partial charge in [-0.05, 0) is 47.2 Å². The Morgan fingerprint density at radius 2 is 1.71 bits per heavy atom. The van der Waals surface area contributed by atoms with Gasteiger partial charge in [0, 0.05) is 32.5 Å². The van der Waals surface area contributed by atoms with E-state index in [1.165, 1.54) is 0 Å². The number of pyridine rings is 1. The van der Waals surface area contributed by atoms with Crippen LogP contribution in [-0.2, 0) is 22.4 Å². The minimum atomic E-state index is -0.635. The first-order valence-electron chi connectivity index (χ1n) is 10.6. The third-order valence-corrected chi connectivity index (χ3v) is 6.15. The summed E-state index contributed by atoms with van der Waals surface area (Å²) in [5.41, 5.74) is 3.64. The lowest BCUT2D eigenvalue weighted by Crippen LogP contribution is -2.44. The number of nitrogens with one attached hydrogen (secondary N) is 1. The van der Waals surface area contributed by atoms with Gasteiger partial charge in [0.05, 0.1) is 11.8 Å². The van der Waals surface area contributed by atoms with Gasteiger partial charge in [0.1, 0.15) is 0 Å². The first-order valence-corrected chi connectivity index (χ1v) is 10.6. The Balaban J connectivity index is 1.58. The molecule has 1 fully saturated rings. The minimum Gasteiger partial charge on any atom is -0.359 e. The van der Waals surface area contributed by atoms with E-state index in [2.05, 4.69) is 22.4 Å². The molecule has 1 aliphatic heterocycles. The number of aromatic nitrogens is 1. The van der Waals surface area contributed by atoms with Gasteiger partial charge in [-0.2, -0.15) is 0 Å². The summed E-state index contributed by atoms with van der Waals surface area (Å²) in [6, 6.07) is 21.9. The second-order valence-electron chi connectivity index (χ2n) is 8.16. The predicted octanol–water partition coefficient (Wildman–Crippen LogP) is 3.50. The fourth-order valence-electron chi connectivity index (χ4n) is 4.49. The van der Waals surface area contributed by atoms with E-state index in [1.807, 2.05) is 59.5 Å². The second kappa shape index (κ2) is 9.13. The van der Waals surface area contributed by atoms with Gasteiger partial charge in [0.25, 0.3) is 0 Å². The van der Waals surface area contributed by atoms with E-state index in [9.17, 15) is 9.59 Å². The van der Waals surface area contributed by atoms with E-state index in [-0.39, 0.29) is 11.8 Å². The Morgan fingerprint density at radius 1 is 1.00 bits per heavy atom. The number of rotatable bonds is 6. The largest absolute Gasteiger partial charge is 0.359 e. The molecule has 2 amide bonds. The van der Waals surface area contributed by atoms with E-state index in [0.717, 1.165) is 22.3 Å². The first-order chi connectivity index (χ1) is 15.1. The van der Waals surface area contributed by atoms with Gasteiger partial charge in [0.15, 0.2) is 0 Å². The zero-order valence-electron chi connectivity index (χ0n) is 17.8. The zero-order chi connectivity index (χ0) is 21.7. The van der Waals surface area contributed by atoms with Crippen LogP contribution in [0.4, 0.5) is 0 Å². The fraction of sp³-hybridized carbons (Fsp3) is 0.269. The van der Waals surface area contributed by atoms with Crippen molar-refractivity contribution in [2.24, 2.45) is 5.41 Å². The van der Waals surface area contributed by atoms with Crippen molar-refractivity contribution < 1.29 is 9.59 Å². The third kappa shape index (κ3) is 4.50. The summed E-state index contributed by atoms with van der Waals surface area (Å²) in [6.45, 7) is 1.03. The molecule has 31 heavy (non-hydrogen) atoms. The van der Waals surface area contributed by atoms with Crippen LogP contribution in [0.5, 0.6) is 0 Å². The van der Waals surface area contributed by atoms with Gasteiger partial charge in [-0.3, -0.25) is 14.6 Å². The van der Waals surface area contributed by atoms with Crippen molar-refractivity contribution in [1.82, 2.24) is 15.2 Å². The van der Waals surface area contributed by atoms with Gasteiger partial charge < -0.3 is 10.2 Å². The highest BCUT2D eigenvalue weighted by molar-refractivity contribution is 5.86. The molecule has 4 rings (SSSR count). The lowest BCUT2D eigenvalue weighted by atomic mass is 9.78. The summed E-state index contributed by atoms with van der Waals surface area (Å²) < 4.78 is 0. The smallest absolute Gasteiger partial charge is 0.228 e. The van der Waals surface area contributed by atoms with Crippen LogP contribution in [-0.4, -0.2) is 41.8 Å². The standard InChI is InChI=1S/C26H27N3O2/c1-27-25(31)26(13-16-29(19-26)24(30)17-20-7-3-2-4-8-20)18-22-9-5-6-10-23(22)21-11-14-28-15-12-21/h2-12,14-15H,13,16-19H2,1H3,(H,27,31)/t26-/m0/s1.